The van der Waals surface area contributed by atoms with Crippen LogP contribution in [0.3, 0.4) is 0 Å². The Morgan fingerprint density at radius 1 is 1.05 bits per heavy atom. The molecule has 1 heterocycles. The maximum absolute atomic E-state index is 12.1. The van der Waals surface area contributed by atoms with Crippen molar-refractivity contribution in [3.63, 3.8) is 0 Å². The zero-order valence-electron chi connectivity index (χ0n) is 12.5. The molecule has 0 saturated carbocycles. The summed E-state index contributed by atoms with van der Waals surface area (Å²) in [6.07, 6.45) is 0. The summed E-state index contributed by atoms with van der Waals surface area (Å²) in [5, 5.41) is 1.67. The normalized spacial score (nSPS) is 10.9. The Morgan fingerprint density at radius 2 is 1.77 bits per heavy atom. The summed E-state index contributed by atoms with van der Waals surface area (Å²) in [4.78, 5) is 23.9. The number of ether oxygens (including phenoxy) is 2. The van der Waals surface area contributed by atoms with Gasteiger partial charge in [-0.2, -0.15) is 0 Å². The Bertz CT molecular complexity index is 908. The Hall–Kier alpha value is -2.82. The van der Waals surface area contributed by atoms with E-state index in [9.17, 15) is 9.59 Å². The summed E-state index contributed by atoms with van der Waals surface area (Å²) in [5.41, 5.74) is 1.83. The smallest absolute Gasteiger partial charge is 0.338 e. The number of fused-ring (bicyclic) bond motifs is 3. The first-order valence-electron chi connectivity index (χ1n) is 6.79. The summed E-state index contributed by atoms with van der Waals surface area (Å²) in [6, 6.07) is 10.9. The first-order valence-corrected chi connectivity index (χ1v) is 6.79. The van der Waals surface area contributed by atoms with Gasteiger partial charge >= 0.3 is 5.97 Å². The highest BCUT2D eigenvalue weighted by atomic mass is 16.5. The van der Waals surface area contributed by atoms with Gasteiger partial charge in [-0.05, 0) is 18.2 Å². The number of hydrogen-bond acceptors (Lipinski definition) is 4. The van der Waals surface area contributed by atoms with Crippen LogP contribution in [0.15, 0.2) is 36.4 Å². The van der Waals surface area contributed by atoms with Crippen LogP contribution in [0.2, 0.25) is 0 Å². The molecule has 0 unspecified atom stereocenters. The van der Waals surface area contributed by atoms with E-state index in [2.05, 4.69) is 0 Å². The molecule has 112 valence electrons. The molecule has 0 aliphatic carbocycles. The fourth-order valence-electron chi connectivity index (χ4n) is 2.78. The standard InChI is InChI=1S/C17H15NO4/c1-10(19)18-14-7-5-4-6-12(14)13-8-11(17(20)22-3)9-15(21-2)16(13)18/h4-9H,1-3H3. The lowest BCUT2D eigenvalue weighted by Crippen LogP contribution is -2.07. The lowest BCUT2D eigenvalue weighted by atomic mass is 10.1. The van der Waals surface area contributed by atoms with E-state index in [1.807, 2.05) is 24.3 Å². The first-order chi connectivity index (χ1) is 10.6. The van der Waals surface area contributed by atoms with Crippen molar-refractivity contribution >= 4 is 33.7 Å². The molecule has 3 rings (SSSR count). The number of nitrogens with zero attached hydrogens (tertiary/aromatic N) is 1. The van der Waals surface area contributed by atoms with Crippen LogP contribution in [0.5, 0.6) is 5.75 Å². The maximum Gasteiger partial charge on any atom is 0.338 e. The summed E-state index contributed by atoms with van der Waals surface area (Å²) in [7, 11) is 2.84. The number of aromatic nitrogens is 1. The molecule has 0 saturated heterocycles. The number of carbonyl (C=O) groups excluding carboxylic acids is 2. The molecule has 1 aromatic heterocycles. The van der Waals surface area contributed by atoms with Gasteiger partial charge in [0.2, 0.25) is 5.91 Å². The summed E-state index contributed by atoms with van der Waals surface area (Å²) in [6.45, 7) is 1.50. The molecule has 0 amide bonds. The highest BCUT2D eigenvalue weighted by Crippen LogP contribution is 2.36. The van der Waals surface area contributed by atoms with E-state index < -0.39 is 5.97 Å². The van der Waals surface area contributed by atoms with Crippen molar-refractivity contribution in [3.8, 4) is 5.75 Å². The van der Waals surface area contributed by atoms with Gasteiger partial charge in [0.05, 0.1) is 30.8 Å². The average Bonchev–Trinajstić information content (AvgIpc) is 2.87. The number of hydrogen-bond donors (Lipinski definition) is 0. The molecule has 0 fully saturated rings. The second-order valence-corrected chi connectivity index (χ2v) is 4.94. The van der Waals surface area contributed by atoms with Gasteiger partial charge in [0.1, 0.15) is 5.75 Å². The molecule has 0 atom stereocenters. The lowest BCUT2D eigenvalue weighted by molar-refractivity contribution is 0.0600. The van der Waals surface area contributed by atoms with Crippen molar-refractivity contribution in [2.45, 2.75) is 6.92 Å². The summed E-state index contributed by atoms with van der Waals surface area (Å²) < 4.78 is 11.8. The SMILES string of the molecule is COC(=O)c1cc(OC)c2c(c1)c1ccccc1n2C(C)=O. The number of benzene rings is 2. The van der Waals surface area contributed by atoms with Gasteiger partial charge in [0.25, 0.3) is 0 Å². The minimum atomic E-state index is -0.445. The molecule has 2 aromatic carbocycles. The molecular weight excluding hydrogens is 282 g/mol. The van der Waals surface area contributed by atoms with Gasteiger partial charge in [-0.3, -0.25) is 9.36 Å². The van der Waals surface area contributed by atoms with Gasteiger partial charge < -0.3 is 9.47 Å². The first kappa shape index (κ1) is 14.1. The van der Waals surface area contributed by atoms with E-state index in [4.69, 9.17) is 9.47 Å². The fraction of sp³-hybridized carbons (Fsp3) is 0.176. The van der Waals surface area contributed by atoms with Crippen molar-refractivity contribution in [1.82, 2.24) is 4.57 Å². The van der Waals surface area contributed by atoms with Crippen LogP contribution in [0.25, 0.3) is 21.8 Å². The van der Waals surface area contributed by atoms with E-state index in [1.54, 1.807) is 16.7 Å². The predicted molar refractivity (Wildman–Crippen MR) is 83.6 cm³/mol. The zero-order chi connectivity index (χ0) is 15.9. The van der Waals surface area contributed by atoms with E-state index >= 15 is 0 Å². The maximum atomic E-state index is 12.1. The molecule has 3 aromatic rings. The quantitative estimate of drug-likeness (QED) is 0.681. The molecule has 0 spiro atoms. The predicted octanol–water partition coefficient (Wildman–Crippen LogP) is 3.25. The van der Waals surface area contributed by atoms with Crippen molar-refractivity contribution in [1.29, 1.82) is 0 Å². The van der Waals surface area contributed by atoms with Crippen LogP contribution in [-0.4, -0.2) is 30.7 Å². The molecule has 0 aliphatic heterocycles. The molecule has 0 radical (unpaired) electrons. The third kappa shape index (κ3) is 1.94. The summed E-state index contributed by atoms with van der Waals surface area (Å²) in [5.74, 6) is -0.0977. The molecule has 5 heteroatoms. The molecule has 0 N–H and O–H groups in total. The Morgan fingerprint density at radius 3 is 2.41 bits per heavy atom. The van der Waals surface area contributed by atoms with Crippen LogP contribution in [0.4, 0.5) is 0 Å². The third-order valence-corrected chi connectivity index (χ3v) is 3.69. The fourth-order valence-corrected chi connectivity index (χ4v) is 2.78. The lowest BCUT2D eigenvalue weighted by Gasteiger charge is -2.08. The van der Waals surface area contributed by atoms with Gasteiger partial charge in [-0.15, -0.1) is 0 Å². The number of esters is 1. The minimum Gasteiger partial charge on any atom is -0.495 e. The Labute approximate surface area is 127 Å². The summed E-state index contributed by atoms with van der Waals surface area (Å²) >= 11 is 0. The average molecular weight is 297 g/mol. The van der Waals surface area contributed by atoms with Crippen LogP contribution in [0, 0.1) is 0 Å². The van der Waals surface area contributed by atoms with E-state index in [-0.39, 0.29) is 5.91 Å². The Balaban J connectivity index is 2.53. The van der Waals surface area contributed by atoms with Gasteiger partial charge in [0, 0.05) is 17.7 Å². The van der Waals surface area contributed by atoms with Gasteiger partial charge in [-0.1, -0.05) is 18.2 Å². The number of rotatable bonds is 2. The number of methoxy groups -OCH3 is 2. The zero-order valence-corrected chi connectivity index (χ0v) is 12.5. The van der Waals surface area contributed by atoms with Crippen molar-refractivity contribution < 1.29 is 19.1 Å². The third-order valence-electron chi connectivity index (χ3n) is 3.69. The molecular formula is C17H15NO4. The molecule has 22 heavy (non-hydrogen) atoms. The van der Waals surface area contributed by atoms with Gasteiger partial charge in [0.15, 0.2) is 0 Å². The van der Waals surface area contributed by atoms with Crippen LogP contribution in [-0.2, 0) is 4.74 Å². The van der Waals surface area contributed by atoms with E-state index in [1.165, 1.54) is 21.1 Å². The topological polar surface area (TPSA) is 57.5 Å². The second-order valence-electron chi connectivity index (χ2n) is 4.94. The Kier molecular flexibility index (Phi) is 3.33. The van der Waals surface area contributed by atoms with Crippen LogP contribution in [0.1, 0.15) is 22.1 Å². The van der Waals surface area contributed by atoms with Crippen LogP contribution < -0.4 is 4.74 Å². The number of carbonyl (C=O) groups is 2. The highest BCUT2D eigenvalue weighted by Gasteiger charge is 2.20. The van der Waals surface area contributed by atoms with E-state index in [0.717, 1.165) is 16.3 Å². The van der Waals surface area contributed by atoms with E-state index in [0.29, 0.717) is 16.8 Å². The molecule has 5 nitrogen and oxygen atoms in total. The monoisotopic (exact) mass is 297 g/mol. The molecule has 0 aliphatic rings. The minimum absolute atomic E-state index is 0.115. The van der Waals surface area contributed by atoms with Crippen molar-refractivity contribution in [2.24, 2.45) is 0 Å². The second kappa shape index (κ2) is 5.18. The van der Waals surface area contributed by atoms with Crippen LogP contribution >= 0.6 is 0 Å². The molecule has 0 bridgehead atoms. The highest BCUT2D eigenvalue weighted by molar-refractivity contribution is 6.16. The number of para-hydroxylation sites is 1. The van der Waals surface area contributed by atoms with Crippen molar-refractivity contribution in [3.05, 3.63) is 42.0 Å². The van der Waals surface area contributed by atoms with Crippen molar-refractivity contribution in [2.75, 3.05) is 14.2 Å². The largest absolute Gasteiger partial charge is 0.495 e. The van der Waals surface area contributed by atoms with Gasteiger partial charge in [-0.25, -0.2) is 4.79 Å².